The molecule has 0 saturated heterocycles. The van der Waals surface area contributed by atoms with E-state index in [-0.39, 0.29) is 12.5 Å². The Labute approximate surface area is 199 Å². The highest BCUT2D eigenvalue weighted by molar-refractivity contribution is 7.92. The van der Waals surface area contributed by atoms with Crippen molar-refractivity contribution in [3.05, 3.63) is 63.6 Å². The third kappa shape index (κ3) is 6.37. The van der Waals surface area contributed by atoms with Crippen LogP contribution in [0.15, 0.2) is 42.5 Å². The molecule has 0 fully saturated rings. The standard InChI is InChI=1S/C22H27Cl2N3O4S/c1-5-17-8-6-7-9-20(17)27(32(4,30)31)14-21(28)26(15(2)22(29)25-3)13-16-10-11-18(23)19(24)12-16/h6-12,15H,5,13-14H2,1-4H3,(H,25,29)/t15-/m1/s1. The highest BCUT2D eigenvalue weighted by Crippen LogP contribution is 2.26. The van der Waals surface area contributed by atoms with Crippen molar-refractivity contribution < 1.29 is 18.0 Å². The van der Waals surface area contributed by atoms with Gasteiger partial charge in [0.05, 0.1) is 22.0 Å². The van der Waals surface area contributed by atoms with Crippen molar-refractivity contribution >= 4 is 50.7 Å². The number of rotatable bonds is 9. The number of carbonyl (C=O) groups excluding carboxylic acids is 2. The van der Waals surface area contributed by atoms with E-state index >= 15 is 0 Å². The lowest BCUT2D eigenvalue weighted by Gasteiger charge is -2.31. The maximum absolute atomic E-state index is 13.4. The molecular formula is C22H27Cl2N3O4S. The van der Waals surface area contributed by atoms with Gasteiger partial charge in [-0.05, 0) is 42.7 Å². The van der Waals surface area contributed by atoms with Crippen LogP contribution < -0.4 is 9.62 Å². The lowest BCUT2D eigenvalue weighted by atomic mass is 10.1. The van der Waals surface area contributed by atoms with Gasteiger partial charge in [-0.3, -0.25) is 13.9 Å². The third-order valence-corrected chi connectivity index (χ3v) is 6.94. The molecule has 0 aromatic heterocycles. The van der Waals surface area contributed by atoms with E-state index in [0.29, 0.717) is 27.7 Å². The van der Waals surface area contributed by atoms with Gasteiger partial charge in [-0.2, -0.15) is 0 Å². The van der Waals surface area contributed by atoms with Gasteiger partial charge in [-0.15, -0.1) is 0 Å². The quantitative estimate of drug-likeness (QED) is 0.571. The number of hydrogen-bond acceptors (Lipinski definition) is 4. The largest absolute Gasteiger partial charge is 0.357 e. The second kappa shape index (κ2) is 11.0. The fourth-order valence-electron chi connectivity index (χ4n) is 3.27. The minimum Gasteiger partial charge on any atom is -0.357 e. The summed E-state index contributed by atoms with van der Waals surface area (Å²) >= 11 is 12.1. The van der Waals surface area contributed by atoms with Crippen molar-refractivity contribution in [2.24, 2.45) is 0 Å². The lowest BCUT2D eigenvalue weighted by molar-refractivity contribution is -0.139. The van der Waals surface area contributed by atoms with Crippen LogP contribution in [0.1, 0.15) is 25.0 Å². The lowest BCUT2D eigenvalue weighted by Crippen LogP contribution is -2.50. The zero-order valence-corrected chi connectivity index (χ0v) is 20.8. The van der Waals surface area contributed by atoms with Gasteiger partial charge < -0.3 is 10.2 Å². The highest BCUT2D eigenvalue weighted by Gasteiger charge is 2.30. The van der Waals surface area contributed by atoms with E-state index in [9.17, 15) is 18.0 Å². The van der Waals surface area contributed by atoms with E-state index in [1.807, 2.05) is 19.1 Å². The molecule has 0 aliphatic heterocycles. The van der Waals surface area contributed by atoms with Gasteiger partial charge >= 0.3 is 0 Å². The van der Waals surface area contributed by atoms with Gasteiger partial charge in [0, 0.05) is 13.6 Å². The summed E-state index contributed by atoms with van der Waals surface area (Å²) in [5, 5.41) is 3.21. The summed E-state index contributed by atoms with van der Waals surface area (Å²) in [4.78, 5) is 27.0. The number of nitrogens with one attached hydrogen (secondary N) is 1. The number of para-hydroxylation sites is 1. The summed E-state index contributed by atoms with van der Waals surface area (Å²) in [6.45, 7) is 3.10. The Morgan fingerprint density at radius 1 is 1.09 bits per heavy atom. The molecule has 1 N–H and O–H groups in total. The van der Waals surface area contributed by atoms with Crippen molar-refractivity contribution in [2.75, 3.05) is 24.2 Å². The molecule has 0 heterocycles. The second-order valence-electron chi connectivity index (χ2n) is 7.31. The van der Waals surface area contributed by atoms with Crippen LogP contribution in [0.2, 0.25) is 10.0 Å². The van der Waals surface area contributed by atoms with Crippen LogP contribution in [0, 0.1) is 0 Å². The summed E-state index contributed by atoms with van der Waals surface area (Å²) in [5.74, 6) is -0.901. The fraction of sp³-hybridized carbons (Fsp3) is 0.364. The molecule has 32 heavy (non-hydrogen) atoms. The molecule has 2 aromatic rings. The summed E-state index contributed by atoms with van der Waals surface area (Å²) in [5.41, 5.74) is 1.89. The number of anilines is 1. The number of halogens is 2. The van der Waals surface area contributed by atoms with E-state index in [1.165, 1.54) is 11.9 Å². The summed E-state index contributed by atoms with van der Waals surface area (Å²) in [7, 11) is -2.30. The Balaban J connectivity index is 2.43. The molecule has 174 valence electrons. The smallest absolute Gasteiger partial charge is 0.244 e. The van der Waals surface area contributed by atoms with E-state index < -0.39 is 28.5 Å². The van der Waals surface area contributed by atoms with Crippen LogP contribution in [-0.4, -0.2) is 51.0 Å². The zero-order valence-electron chi connectivity index (χ0n) is 18.4. The van der Waals surface area contributed by atoms with Gasteiger partial charge in [-0.1, -0.05) is 54.4 Å². The zero-order chi connectivity index (χ0) is 24.1. The van der Waals surface area contributed by atoms with Gasteiger partial charge in [-0.25, -0.2) is 8.42 Å². The Kier molecular flexibility index (Phi) is 8.95. The van der Waals surface area contributed by atoms with E-state index in [4.69, 9.17) is 23.2 Å². The molecule has 0 aliphatic rings. The Morgan fingerprint density at radius 3 is 2.31 bits per heavy atom. The molecule has 0 spiro atoms. The molecule has 2 amide bonds. The molecular weight excluding hydrogens is 473 g/mol. The number of benzene rings is 2. The van der Waals surface area contributed by atoms with Crippen molar-refractivity contribution in [3.8, 4) is 0 Å². The monoisotopic (exact) mass is 499 g/mol. The van der Waals surface area contributed by atoms with Crippen LogP contribution in [0.4, 0.5) is 5.69 Å². The first-order valence-electron chi connectivity index (χ1n) is 10.00. The average molecular weight is 500 g/mol. The Hall–Kier alpha value is -2.29. The Bertz CT molecular complexity index is 1090. The molecule has 2 aromatic carbocycles. The highest BCUT2D eigenvalue weighted by atomic mass is 35.5. The van der Waals surface area contributed by atoms with Crippen molar-refractivity contribution in [2.45, 2.75) is 32.9 Å². The van der Waals surface area contributed by atoms with E-state index in [0.717, 1.165) is 16.1 Å². The first-order chi connectivity index (χ1) is 15.0. The molecule has 2 rings (SSSR count). The fourth-order valence-corrected chi connectivity index (χ4v) is 4.48. The molecule has 0 aliphatic carbocycles. The SMILES string of the molecule is CCc1ccccc1N(CC(=O)N(Cc1ccc(Cl)c(Cl)c1)[C@H](C)C(=O)NC)S(C)(=O)=O. The van der Waals surface area contributed by atoms with Crippen molar-refractivity contribution in [3.63, 3.8) is 0 Å². The summed E-state index contributed by atoms with van der Waals surface area (Å²) in [6.07, 6.45) is 1.65. The first kappa shape index (κ1) is 26.0. The number of amides is 2. The number of sulfonamides is 1. The van der Waals surface area contributed by atoms with Gasteiger partial charge in [0.25, 0.3) is 0 Å². The number of hydrogen-bond donors (Lipinski definition) is 1. The van der Waals surface area contributed by atoms with Gasteiger partial charge in [0.1, 0.15) is 12.6 Å². The second-order valence-corrected chi connectivity index (χ2v) is 10.0. The topological polar surface area (TPSA) is 86.8 Å². The molecule has 0 saturated carbocycles. The minimum atomic E-state index is -3.77. The summed E-state index contributed by atoms with van der Waals surface area (Å²) < 4.78 is 26.3. The average Bonchev–Trinajstić information content (AvgIpc) is 2.76. The van der Waals surface area contributed by atoms with Crippen LogP contribution >= 0.6 is 23.2 Å². The predicted octanol–water partition coefficient (Wildman–Crippen LogP) is 3.49. The van der Waals surface area contributed by atoms with Crippen LogP contribution in [-0.2, 0) is 32.6 Å². The summed E-state index contributed by atoms with van der Waals surface area (Å²) in [6, 6.07) is 11.1. The Morgan fingerprint density at radius 2 is 1.75 bits per heavy atom. The normalized spacial score (nSPS) is 12.2. The molecule has 0 unspecified atom stereocenters. The van der Waals surface area contributed by atoms with Crippen molar-refractivity contribution in [1.82, 2.24) is 10.2 Å². The maximum atomic E-state index is 13.4. The van der Waals surface area contributed by atoms with E-state index in [1.54, 1.807) is 37.3 Å². The van der Waals surface area contributed by atoms with Crippen LogP contribution in [0.3, 0.4) is 0 Å². The van der Waals surface area contributed by atoms with Crippen LogP contribution in [0.5, 0.6) is 0 Å². The molecule has 10 heteroatoms. The number of likely N-dealkylation sites (N-methyl/N-ethyl adjacent to an activating group) is 1. The maximum Gasteiger partial charge on any atom is 0.244 e. The minimum absolute atomic E-state index is 0.0529. The number of nitrogens with zero attached hydrogens (tertiary/aromatic N) is 2. The first-order valence-corrected chi connectivity index (χ1v) is 12.6. The van der Waals surface area contributed by atoms with E-state index in [2.05, 4.69) is 5.32 Å². The number of carbonyl (C=O) groups is 2. The van der Waals surface area contributed by atoms with Gasteiger partial charge in [0.15, 0.2) is 0 Å². The van der Waals surface area contributed by atoms with Crippen molar-refractivity contribution in [1.29, 1.82) is 0 Å². The molecule has 0 bridgehead atoms. The molecule has 1 atom stereocenters. The molecule has 7 nitrogen and oxygen atoms in total. The molecule has 0 radical (unpaired) electrons. The van der Waals surface area contributed by atoms with Gasteiger partial charge in [0.2, 0.25) is 21.8 Å². The predicted molar refractivity (Wildman–Crippen MR) is 129 cm³/mol. The number of aryl methyl sites for hydroxylation is 1. The van der Waals surface area contributed by atoms with Crippen LogP contribution in [0.25, 0.3) is 0 Å². The third-order valence-electron chi connectivity index (χ3n) is 5.07.